The zero-order chi connectivity index (χ0) is 31.2. The Hall–Kier alpha value is -3.63. The van der Waals surface area contributed by atoms with E-state index in [0.717, 1.165) is 9.87 Å². The van der Waals surface area contributed by atoms with Gasteiger partial charge in [-0.3, -0.25) is 13.9 Å². The minimum absolute atomic E-state index is 0.0365. The molecular weight excluding hydrogens is 581 g/mol. The number of methoxy groups -OCH3 is 1. The summed E-state index contributed by atoms with van der Waals surface area (Å²) in [6, 6.07) is 15.3. The maximum absolute atomic E-state index is 14.2. The SMILES string of the molecule is CC[C@H](C(=O)NC(C)(C)C)N(Cc1ccc(F)cc1)C(=O)CN(c1cc(Cl)ccc1OC)S(=O)(=O)c1ccc(C)cc1. The van der Waals surface area contributed by atoms with Crippen LogP contribution < -0.4 is 14.4 Å². The van der Waals surface area contributed by atoms with Crippen LogP contribution in [-0.4, -0.2) is 50.4 Å². The lowest BCUT2D eigenvalue weighted by atomic mass is 10.1. The van der Waals surface area contributed by atoms with Crippen LogP contribution in [0.5, 0.6) is 5.75 Å². The lowest BCUT2D eigenvalue weighted by Crippen LogP contribution is -2.55. The second-order valence-corrected chi connectivity index (χ2v) is 13.3. The van der Waals surface area contributed by atoms with Crippen LogP contribution in [0.15, 0.2) is 71.6 Å². The van der Waals surface area contributed by atoms with Crippen molar-refractivity contribution in [2.45, 2.75) is 64.1 Å². The van der Waals surface area contributed by atoms with E-state index in [4.69, 9.17) is 16.3 Å². The van der Waals surface area contributed by atoms with E-state index in [1.54, 1.807) is 25.1 Å². The Morgan fingerprint density at radius 1 is 1.02 bits per heavy atom. The lowest BCUT2D eigenvalue weighted by molar-refractivity contribution is -0.141. The van der Waals surface area contributed by atoms with Crippen LogP contribution >= 0.6 is 11.6 Å². The Morgan fingerprint density at radius 2 is 1.64 bits per heavy atom. The molecule has 0 saturated carbocycles. The summed E-state index contributed by atoms with van der Waals surface area (Å²) in [5.74, 6) is -1.30. The Balaban J connectivity index is 2.14. The third-order valence-corrected chi connectivity index (χ3v) is 8.46. The van der Waals surface area contributed by atoms with Gasteiger partial charge in [0.05, 0.1) is 17.7 Å². The summed E-state index contributed by atoms with van der Waals surface area (Å²) in [4.78, 5) is 28.9. The number of benzene rings is 3. The van der Waals surface area contributed by atoms with Crippen LogP contribution in [0.25, 0.3) is 0 Å². The van der Waals surface area contributed by atoms with Crippen LogP contribution in [0.1, 0.15) is 45.2 Å². The average molecular weight is 618 g/mol. The fraction of sp³-hybridized carbons (Fsp3) is 0.355. The Kier molecular flexibility index (Phi) is 10.6. The molecule has 42 heavy (non-hydrogen) atoms. The van der Waals surface area contributed by atoms with Crippen LogP contribution in [0.3, 0.4) is 0 Å². The molecule has 1 atom stereocenters. The van der Waals surface area contributed by atoms with Gasteiger partial charge in [-0.05, 0) is 82.1 Å². The minimum Gasteiger partial charge on any atom is -0.495 e. The number of halogens is 2. The molecule has 0 bridgehead atoms. The highest BCUT2D eigenvalue weighted by atomic mass is 35.5. The molecule has 226 valence electrons. The molecule has 8 nitrogen and oxygen atoms in total. The second-order valence-electron chi connectivity index (χ2n) is 11.0. The zero-order valence-corrected chi connectivity index (χ0v) is 26.2. The summed E-state index contributed by atoms with van der Waals surface area (Å²) in [6.07, 6.45) is 0.250. The van der Waals surface area contributed by atoms with Crippen LogP contribution in [0.4, 0.5) is 10.1 Å². The number of nitrogens with zero attached hydrogens (tertiary/aromatic N) is 2. The molecule has 0 fully saturated rings. The van der Waals surface area contributed by atoms with Gasteiger partial charge >= 0.3 is 0 Å². The van der Waals surface area contributed by atoms with Crippen molar-refractivity contribution in [2.75, 3.05) is 18.0 Å². The van der Waals surface area contributed by atoms with Crippen LogP contribution in [-0.2, 0) is 26.2 Å². The summed E-state index contributed by atoms with van der Waals surface area (Å²) < 4.78 is 48.2. The molecule has 0 aliphatic rings. The number of sulfonamides is 1. The third-order valence-electron chi connectivity index (χ3n) is 6.45. The highest BCUT2D eigenvalue weighted by Gasteiger charge is 2.35. The molecule has 0 saturated heterocycles. The van der Waals surface area contributed by atoms with Crippen molar-refractivity contribution in [1.29, 1.82) is 0 Å². The van der Waals surface area contributed by atoms with Gasteiger partial charge in [0.25, 0.3) is 10.0 Å². The molecular formula is C31H37ClFN3O5S. The number of aryl methyl sites for hydroxylation is 1. The summed E-state index contributed by atoms with van der Waals surface area (Å²) in [7, 11) is -2.93. The van der Waals surface area contributed by atoms with E-state index in [-0.39, 0.29) is 34.3 Å². The highest BCUT2D eigenvalue weighted by molar-refractivity contribution is 7.92. The Bertz CT molecular complexity index is 1510. The smallest absolute Gasteiger partial charge is 0.264 e. The van der Waals surface area contributed by atoms with Gasteiger partial charge in [-0.2, -0.15) is 0 Å². The van der Waals surface area contributed by atoms with Gasteiger partial charge in [0.15, 0.2) is 0 Å². The van der Waals surface area contributed by atoms with Crippen molar-refractivity contribution in [3.63, 3.8) is 0 Å². The van der Waals surface area contributed by atoms with Crippen LogP contribution in [0, 0.1) is 12.7 Å². The first-order valence-electron chi connectivity index (χ1n) is 13.4. The number of ether oxygens (including phenoxy) is 1. The molecule has 1 N–H and O–H groups in total. The van der Waals surface area contributed by atoms with Crippen molar-refractivity contribution in [2.24, 2.45) is 0 Å². The van der Waals surface area contributed by atoms with E-state index < -0.39 is 45.8 Å². The molecule has 0 radical (unpaired) electrons. The number of carbonyl (C=O) groups is 2. The molecule has 11 heteroatoms. The average Bonchev–Trinajstić information content (AvgIpc) is 2.91. The number of hydrogen-bond donors (Lipinski definition) is 1. The van der Waals surface area contributed by atoms with Gasteiger partial charge in [0.1, 0.15) is 24.2 Å². The fourth-order valence-electron chi connectivity index (χ4n) is 4.37. The lowest BCUT2D eigenvalue weighted by Gasteiger charge is -2.35. The topological polar surface area (TPSA) is 96.0 Å². The predicted octanol–water partition coefficient (Wildman–Crippen LogP) is 5.71. The third kappa shape index (κ3) is 8.23. The molecule has 0 spiro atoms. The molecule has 3 aromatic carbocycles. The summed E-state index contributed by atoms with van der Waals surface area (Å²) in [5, 5.41) is 3.15. The standard InChI is InChI=1S/C31H37ClFN3O5S/c1-7-26(30(38)34-31(3,4)5)35(19-22-10-13-24(33)14-11-22)29(37)20-36(27-18-23(32)12-17-28(27)41-6)42(39,40)25-15-8-21(2)9-16-25/h8-18,26H,7,19-20H2,1-6H3,(H,34,38)/t26-/m1/s1. The van der Waals surface area contributed by atoms with Gasteiger partial charge in [-0.15, -0.1) is 0 Å². The number of anilines is 1. The molecule has 0 unspecified atom stereocenters. The molecule has 0 heterocycles. The zero-order valence-electron chi connectivity index (χ0n) is 24.6. The molecule has 2 amide bonds. The first kappa shape index (κ1) is 32.9. The van der Waals surface area contributed by atoms with E-state index in [1.807, 2.05) is 27.7 Å². The van der Waals surface area contributed by atoms with E-state index >= 15 is 0 Å². The van der Waals surface area contributed by atoms with Crippen molar-refractivity contribution in [1.82, 2.24) is 10.2 Å². The first-order valence-corrected chi connectivity index (χ1v) is 15.3. The number of carbonyl (C=O) groups excluding carboxylic acids is 2. The van der Waals surface area contributed by atoms with Gasteiger partial charge in [-0.25, -0.2) is 12.8 Å². The Labute approximate surface area is 252 Å². The number of rotatable bonds is 11. The van der Waals surface area contributed by atoms with Gasteiger partial charge < -0.3 is 15.0 Å². The minimum atomic E-state index is -4.31. The summed E-state index contributed by atoms with van der Waals surface area (Å²) in [6.45, 7) is 8.35. The largest absolute Gasteiger partial charge is 0.495 e. The Morgan fingerprint density at radius 3 is 2.19 bits per heavy atom. The van der Waals surface area contributed by atoms with Crippen molar-refractivity contribution in [3.8, 4) is 5.75 Å². The van der Waals surface area contributed by atoms with E-state index in [0.29, 0.717) is 5.56 Å². The maximum atomic E-state index is 14.2. The van der Waals surface area contributed by atoms with Gasteiger partial charge in [-0.1, -0.05) is 48.4 Å². The summed E-state index contributed by atoms with van der Waals surface area (Å²) in [5.41, 5.74) is 0.912. The summed E-state index contributed by atoms with van der Waals surface area (Å²) >= 11 is 6.27. The van der Waals surface area contributed by atoms with Gasteiger partial charge in [0, 0.05) is 17.1 Å². The normalized spacial score (nSPS) is 12.4. The number of nitrogens with one attached hydrogen (secondary N) is 1. The molecule has 0 aromatic heterocycles. The molecule has 3 aromatic rings. The number of hydrogen-bond acceptors (Lipinski definition) is 5. The highest BCUT2D eigenvalue weighted by Crippen LogP contribution is 2.35. The van der Waals surface area contributed by atoms with E-state index in [2.05, 4.69) is 5.32 Å². The molecule has 0 aliphatic carbocycles. The van der Waals surface area contributed by atoms with E-state index in [1.165, 1.54) is 60.5 Å². The fourth-order valence-corrected chi connectivity index (χ4v) is 5.95. The van der Waals surface area contributed by atoms with Crippen molar-refractivity contribution < 1.29 is 27.1 Å². The van der Waals surface area contributed by atoms with Crippen LogP contribution in [0.2, 0.25) is 5.02 Å². The maximum Gasteiger partial charge on any atom is 0.264 e. The predicted molar refractivity (Wildman–Crippen MR) is 163 cm³/mol. The van der Waals surface area contributed by atoms with E-state index in [9.17, 15) is 22.4 Å². The van der Waals surface area contributed by atoms with Gasteiger partial charge in [0.2, 0.25) is 11.8 Å². The first-order chi connectivity index (χ1) is 19.7. The molecule has 3 rings (SSSR count). The second kappa shape index (κ2) is 13.6. The van der Waals surface area contributed by atoms with Crippen molar-refractivity contribution in [3.05, 3.63) is 88.7 Å². The monoisotopic (exact) mass is 617 g/mol. The quantitative estimate of drug-likeness (QED) is 0.297. The van der Waals surface area contributed by atoms with Crippen molar-refractivity contribution >= 4 is 39.1 Å². The number of amides is 2. The molecule has 0 aliphatic heterocycles.